The molecule has 6 nitrogen and oxygen atoms in total. The van der Waals surface area contributed by atoms with Gasteiger partial charge in [-0.3, -0.25) is 10.1 Å². The Labute approximate surface area is 196 Å². The Kier molecular flexibility index (Phi) is 9.08. The van der Waals surface area contributed by atoms with Gasteiger partial charge in [-0.25, -0.2) is 0 Å². The number of carbonyl (C=O) groups is 1. The van der Waals surface area contributed by atoms with Crippen LogP contribution in [0.25, 0.3) is 6.08 Å². The lowest BCUT2D eigenvalue weighted by Gasteiger charge is -1.99. The highest BCUT2D eigenvalue weighted by molar-refractivity contribution is 7.99. The van der Waals surface area contributed by atoms with Gasteiger partial charge in [-0.1, -0.05) is 73.4 Å². The van der Waals surface area contributed by atoms with Crippen LogP contribution < -0.4 is 5.32 Å². The second-order valence-electron chi connectivity index (χ2n) is 7.36. The number of amides is 1. The van der Waals surface area contributed by atoms with Gasteiger partial charge in [0.25, 0.3) is 5.91 Å². The summed E-state index contributed by atoms with van der Waals surface area (Å²) in [5.74, 6) is -0.0846. The second kappa shape index (κ2) is 12.2. The molecule has 8 heteroatoms. The van der Waals surface area contributed by atoms with Crippen LogP contribution in [0.4, 0.5) is 5.13 Å². The highest BCUT2D eigenvalue weighted by Gasteiger charge is 2.14. The minimum atomic E-state index is -0.526. The third kappa shape index (κ3) is 7.36. The topological polar surface area (TPSA) is 91.8 Å². The number of hydrogen-bond acceptors (Lipinski definition) is 7. The highest BCUT2D eigenvalue weighted by Crippen LogP contribution is 2.30. The summed E-state index contributed by atoms with van der Waals surface area (Å²) in [5, 5.41) is 22.2. The molecule has 0 aliphatic rings. The molecule has 1 amide bonds. The first-order valence-corrected chi connectivity index (χ1v) is 12.3. The van der Waals surface area contributed by atoms with E-state index in [2.05, 4.69) is 22.4 Å². The van der Waals surface area contributed by atoms with Crippen molar-refractivity contribution in [1.82, 2.24) is 10.2 Å². The molecule has 0 spiro atoms. The fraction of sp³-hybridized carbons (Fsp3) is 0.333. The smallest absolute Gasteiger partial charge is 0.268 e. The van der Waals surface area contributed by atoms with Crippen LogP contribution in [0.15, 0.2) is 56.4 Å². The zero-order chi connectivity index (χ0) is 22.8. The van der Waals surface area contributed by atoms with E-state index < -0.39 is 5.91 Å². The molecule has 0 aliphatic carbocycles. The third-order valence-corrected chi connectivity index (χ3v) is 6.50. The second-order valence-corrected chi connectivity index (χ2v) is 9.50. The number of aryl methyl sites for hydroxylation is 2. The van der Waals surface area contributed by atoms with Gasteiger partial charge in [0.05, 0.1) is 0 Å². The normalized spacial score (nSPS) is 11.3. The Hall–Kier alpha value is -2.89. The molecule has 166 valence electrons. The molecule has 2 aromatic heterocycles. The van der Waals surface area contributed by atoms with Gasteiger partial charge >= 0.3 is 0 Å². The molecule has 0 atom stereocenters. The molecular weight excluding hydrogens is 440 g/mol. The maximum absolute atomic E-state index is 12.5. The van der Waals surface area contributed by atoms with E-state index in [-0.39, 0.29) is 5.57 Å². The monoisotopic (exact) mass is 466 g/mol. The quantitative estimate of drug-likeness (QED) is 0.193. The van der Waals surface area contributed by atoms with E-state index in [9.17, 15) is 10.1 Å². The Balaban J connectivity index is 1.56. The van der Waals surface area contributed by atoms with E-state index in [0.29, 0.717) is 16.0 Å². The average Bonchev–Trinajstić information content (AvgIpc) is 3.42. The van der Waals surface area contributed by atoms with E-state index in [0.717, 1.165) is 22.7 Å². The Morgan fingerprint density at radius 1 is 1.16 bits per heavy atom. The minimum Gasteiger partial charge on any atom is -0.450 e. The van der Waals surface area contributed by atoms with Crippen molar-refractivity contribution < 1.29 is 9.21 Å². The van der Waals surface area contributed by atoms with Crippen LogP contribution in [0.2, 0.25) is 0 Å². The highest BCUT2D eigenvalue weighted by atomic mass is 32.2. The lowest BCUT2D eigenvalue weighted by Crippen LogP contribution is -2.13. The van der Waals surface area contributed by atoms with E-state index in [4.69, 9.17) is 4.42 Å². The Bertz CT molecular complexity index is 1090. The van der Waals surface area contributed by atoms with Gasteiger partial charge < -0.3 is 4.42 Å². The largest absolute Gasteiger partial charge is 0.450 e. The van der Waals surface area contributed by atoms with Gasteiger partial charge in [-0.05, 0) is 37.6 Å². The standard InChI is InChI=1S/C24H26N4O2S2/c1-3-4-5-6-7-8-21-27-28-24(32-21)26-23(29)18(16-25)15-19-11-14-22(30-19)31-20-12-9-17(2)10-13-20/h9-15H,3-8H2,1-2H3,(H,26,28,29)/b18-15-. The molecule has 1 aromatic carbocycles. The number of furan rings is 1. The summed E-state index contributed by atoms with van der Waals surface area (Å²) in [5.41, 5.74) is 1.14. The lowest BCUT2D eigenvalue weighted by atomic mass is 10.1. The zero-order valence-electron chi connectivity index (χ0n) is 18.3. The zero-order valence-corrected chi connectivity index (χ0v) is 19.9. The maximum atomic E-state index is 12.5. The van der Waals surface area contributed by atoms with Gasteiger partial charge in [0, 0.05) is 17.4 Å². The van der Waals surface area contributed by atoms with E-state index in [1.165, 1.54) is 60.4 Å². The number of anilines is 1. The molecule has 0 fully saturated rings. The first kappa shape index (κ1) is 23.8. The third-order valence-electron chi connectivity index (χ3n) is 4.67. The fourth-order valence-electron chi connectivity index (χ4n) is 2.93. The molecule has 3 aromatic rings. The molecule has 0 aliphatic heterocycles. The van der Waals surface area contributed by atoms with Crippen LogP contribution in [0.1, 0.15) is 55.4 Å². The summed E-state index contributed by atoms with van der Waals surface area (Å²) in [7, 11) is 0. The predicted octanol–water partition coefficient (Wildman–Crippen LogP) is 6.65. The number of carbonyl (C=O) groups excluding carboxylic acids is 1. The van der Waals surface area contributed by atoms with Crippen molar-refractivity contribution >= 4 is 40.2 Å². The molecule has 0 bridgehead atoms. The maximum Gasteiger partial charge on any atom is 0.268 e. The molecule has 0 saturated heterocycles. The van der Waals surface area contributed by atoms with E-state index in [1.807, 2.05) is 43.3 Å². The van der Waals surface area contributed by atoms with Crippen LogP contribution in [-0.2, 0) is 11.2 Å². The van der Waals surface area contributed by atoms with Crippen molar-refractivity contribution in [3.8, 4) is 6.07 Å². The summed E-state index contributed by atoms with van der Waals surface area (Å²) >= 11 is 2.83. The SMILES string of the molecule is CCCCCCCc1nnc(NC(=O)/C(C#N)=C\c2ccc(Sc3ccc(C)cc3)o2)s1. The van der Waals surface area contributed by atoms with E-state index in [1.54, 1.807) is 6.07 Å². The molecule has 32 heavy (non-hydrogen) atoms. The van der Waals surface area contributed by atoms with Gasteiger partial charge in [0.2, 0.25) is 5.13 Å². The van der Waals surface area contributed by atoms with Crippen molar-refractivity contribution in [2.75, 3.05) is 5.32 Å². The Morgan fingerprint density at radius 2 is 1.94 bits per heavy atom. The first-order chi connectivity index (χ1) is 15.6. The van der Waals surface area contributed by atoms with Gasteiger partial charge in [0.15, 0.2) is 5.09 Å². The molecule has 0 unspecified atom stereocenters. The predicted molar refractivity (Wildman–Crippen MR) is 129 cm³/mol. The van der Waals surface area contributed by atoms with Crippen LogP contribution >= 0.6 is 23.1 Å². The van der Waals surface area contributed by atoms with E-state index >= 15 is 0 Å². The van der Waals surface area contributed by atoms with Crippen molar-refractivity contribution in [2.24, 2.45) is 0 Å². The van der Waals surface area contributed by atoms with Gasteiger partial charge in [-0.15, -0.1) is 10.2 Å². The van der Waals surface area contributed by atoms with Gasteiger partial charge in [0.1, 0.15) is 22.4 Å². The van der Waals surface area contributed by atoms with Crippen molar-refractivity contribution in [1.29, 1.82) is 5.26 Å². The molecule has 0 saturated carbocycles. The number of rotatable bonds is 11. The molecule has 1 N–H and O–H groups in total. The summed E-state index contributed by atoms with van der Waals surface area (Å²) in [6.45, 7) is 4.23. The summed E-state index contributed by atoms with van der Waals surface area (Å²) < 4.78 is 5.76. The van der Waals surface area contributed by atoms with Crippen molar-refractivity contribution in [2.45, 2.75) is 62.4 Å². The number of nitrogens with one attached hydrogen (secondary N) is 1. The number of nitrogens with zero attached hydrogens (tertiary/aromatic N) is 3. The summed E-state index contributed by atoms with van der Waals surface area (Å²) in [6, 6.07) is 13.6. The fourth-order valence-corrected chi connectivity index (χ4v) is 4.48. The summed E-state index contributed by atoms with van der Waals surface area (Å²) in [4.78, 5) is 13.6. The number of benzene rings is 1. The lowest BCUT2D eigenvalue weighted by molar-refractivity contribution is -0.112. The minimum absolute atomic E-state index is 0.0532. The average molecular weight is 467 g/mol. The van der Waals surface area contributed by atoms with Crippen LogP contribution in [-0.4, -0.2) is 16.1 Å². The van der Waals surface area contributed by atoms with Crippen LogP contribution in [0.3, 0.4) is 0 Å². The van der Waals surface area contributed by atoms with Crippen molar-refractivity contribution in [3.05, 3.63) is 58.3 Å². The van der Waals surface area contributed by atoms with Crippen LogP contribution in [0.5, 0.6) is 0 Å². The molecule has 0 radical (unpaired) electrons. The number of aromatic nitrogens is 2. The number of nitriles is 1. The van der Waals surface area contributed by atoms with Crippen LogP contribution in [0, 0.1) is 18.3 Å². The molecular formula is C24H26N4O2S2. The summed E-state index contributed by atoms with van der Waals surface area (Å²) in [6.07, 6.45) is 8.22. The molecule has 2 heterocycles. The van der Waals surface area contributed by atoms with Crippen molar-refractivity contribution in [3.63, 3.8) is 0 Å². The molecule has 3 rings (SSSR count). The van der Waals surface area contributed by atoms with Gasteiger partial charge in [-0.2, -0.15) is 5.26 Å². The number of unbranched alkanes of at least 4 members (excludes halogenated alkanes) is 4. The Morgan fingerprint density at radius 3 is 2.69 bits per heavy atom. The first-order valence-electron chi connectivity index (χ1n) is 10.7. The number of hydrogen-bond donors (Lipinski definition) is 1.